The molecule has 3 heterocycles. The highest BCUT2D eigenvalue weighted by atomic mass is 16.5. The summed E-state index contributed by atoms with van der Waals surface area (Å²) in [5.74, 6) is 0. The standard InChI is InChI=1S/C21H32N4O2/c26-21(25-13-15-27-16-14-25)22-19-17-18(23-9-3-1-4-10-23)7-8-20(19)24-11-5-2-6-12-24/h7-8,17H,1-6,9-16H2,(H,22,26). The lowest BCUT2D eigenvalue weighted by Crippen LogP contribution is -2.43. The van der Waals surface area contributed by atoms with E-state index in [0.717, 1.165) is 37.6 Å². The van der Waals surface area contributed by atoms with E-state index >= 15 is 0 Å². The molecule has 0 bridgehead atoms. The van der Waals surface area contributed by atoms with E-state index in [2.05, 4.69) is 33.3 Å². The molecule has 0 radical (unpaired) electrons. The number of carbonyl (C=O) groups excluding carboxylic acids is 1. The molecule has 1 aromatic carbocycles. The molecule has 0 aliphatic carbocycles. The van der Waals surface area contributed by atoms with Crippen molar-refractivity contribution in [2.45, 2.75) is 38.5 Å². The molecule has 1 N–H and O–H groups in total. The molecule has 0 aromatic heterocycles. The highest BCUT2D eigenvalue weighted by Crippen LogP contribution is 2.33. The maximum Gasteiger partial charge on any atom is 0.322 e. The van der Waals surface area contributed by atoms with Crippen molar-refractivity contribution in [2.24, 2.45) is 0 Å². The first kappa shape index (κ1) is 18.4. The highest BCUT2D eigenvalue weighted by Gasteiger charge is 2.22. The van der Waals surface area contributed by atoms with Crippen LogP contribution in [-0.2, 0) is 4.74 Å². The van der Waals surface area contributed by atoms with Crippen molar-refractivity contribution in [3.8, 4) is 0 Å². The number of nitrogens with one attached hydrogen (secondary N) is 1. The Morgan fingerprint density at radius 2 is 1.44 bits per heavy atom. The molecule has 6 nitrogen and oxygen atoms in total. The maximum atomic E-state index is 12.8. The normalized spacial score (nSPS) is 21.3. The summed E-state index contributed by atoms with van der Waals surface area (Å²) < 4.78 is 5.38. The van der Waals surface area contributed by atoms with E-state index in [-0.39, 0.29) is 6.03 Å². The third kappa shape index (κ3) is 4.49. The topological polar surface area (TPSA) is 48.1 Å². The van der Waals surface area contributed by atoms with Gasteiger partial charge in [0.05, 0.1) is 24.6 Å². The van der Waals surface area contributed by atoms with E-state index < -0.39 is 0 Å². The molecular weight excluding hydrogens is 340 g/mol. The van der Waals surface area contributed by atoms with E-state index in [0.29, 0.717) is 26.3 Å². The van der Waals surface area contributed by atoms with Gasteiger partial charge in [-0.3, -0.25) is 0 Å². The fourth-order valence-electron chi connectivity index (χ4n) is 4.34. The minimum Gasteiger partial charge on any atom is -0.378 e. The SMILES string of the molecule is O=C(Nc1cc(N2CCCCC2)ccc1N1CCCCC1)N1CCOCC1. The molecule has 4 rings (SSSR count). The van der Waals surface area contributed by atoms with Crippen LogP contribution in [0.2, 0.25) is 0 Å². The smallest absolute Gasteiger partial charge is 0.322 e. The Morgan fingerprint density at radius 1 is 0.815 bits per heavy atom. The molecule has 27 heavy (non-hydrogen) atoms. The van der Waals surface area contributed by atoms with E-state index in [4.69, 9.17) is 4.74 Å². The zero-order chi connectivity index (χ0) is 18.5. The van der Waals surface area contributed by atoms with Crippen LogP contribution < -0.4 is 15.1 Å². The van der Waals surface area contributed by atoms with Crippen LogP contribution in [0.15, 0.2) is 18.2 Å². The molecular formula is C21H32N4O2. The summed E-state index contributed by atoms with van der Waals surface area (Å²) in [5, 5.41) is 3.22. The van der Waals surface area contributed by atoms with E-state index in [1.165, 1.54) is 44.2 Å². The van der Waals surface area contributed by atoms with Gasteiger partial charge in [-0.15, -0.1) is 0 Å². The van der Waals surface area contributed by atoms with Crippen molar-refractivity contribution >= 4 is 23.1 Å². The highest BCUT2D eigenvalue weighted by molar-refractivity contribution is 5.94. The van der Waals surface area contributed by atoms with Crippen molar-refractivity contribution < 1.29 is 9.53 Å². The molecule has 3 aliphatic heterocycles. The summed E-state index contributed by atoms with van der Waals surface area (Å²) in [7, 11) is 0. The van der Waals surface area contributed by atoms with Crippen LogP contribution in [0.5, 0.6) is 0 Å². The Hall–Kier alpha value is -1.95. The van der Waals surface area contributed by atoms with Gasteiger partial charge in [-0.25, -0.2) is 4.79 Å². The number of amides is 2. The Labute approximate surface area is 162 Å². The second-order valence-electron chi connectivity index (χ2n) is 7.83. The van der Waals surface area contributed by atoms with Crippen LogP contribution in [0.3, 0.4) is 0 Å². The summed E-state index contributed by atoms with van der Waals surface area (Å²) in [6.45, 7) is 6.95. The first-order valence-corrected chi connectivity index (χ1v) is 10.6. The van der Waals surface area contributed by atoms with Gasteiger partial charge in [0.2, 0.25) is 0 Å². The van der Waals surface area contributed by atoms with E-state index in [1.807, 2.05) is 4.90 Å². The second kappa shape index (κ2) is 8.83. The monoisotopic (exact) mass is 372 g/mol. The zero-order valence-corrected chi connectivity index (χ0v) is 16.3. The predicted molar refractivity (Wildman–Crippen MR) is 110 cm³/mol. The van der Waals surface area contributed by atoms with Crippen LogP contribution in [0, 0.1) is 0 Å². The molecule has 3 aliphatic rings. The molecule has 0 saturated carbocycles. The number of urea groups is 1. The van der Waals surface area contributed by atoms with Gasteiger partial charge in [0.1, 0.15) is 0 Å². The first-order valence-electron chi connectivity index (χ1n) is 10.6. The van der Waals surface area contributed by atoms with Crippen molar-refractivity contribution in [3.63, 3.8) is 0 Å². The number of benzene rings is 1. The number of nitrogens with zero attached hydrogens (tertiary/aromatic N) is 3. The summed E-state index contributed by atoms with van der Waals surface area (Å²) in [5.41, 5.74) is 3.35. The Kier molecular flexibility index (Phi) is 6.02. The number of hydrogen-bond donors (Lipinski definition) is 1. The quantitative estimate of drug-likeness (QED) is 0.882. The predicted octanol–water partition coefficient (Wildman–Crippen LogP) is 3.53. The molecule has 0 unspecified atom stereocenters. The van der Waals surface area contributed by atoms with Gasteiger partial charge in [0.25, 0.3) is 0 Å². The third-order valence-corrected chi connectivity index (χ3v) is 5.94. The molecule has 0 atom stereocenters. The maximum absolute atomic E-state index is 12.8. The summed E-state index contributed by atoms with van der Waals surface area (Å²) in [6, 6.07) is 6.63. The average molecular weight is 373 g/mol. The third-order valence-electron chi connectivity index (χ3n) is 5.94. The number of carbonyl (C=O) groups is 1. The van der Waals surface area contributed by atoms with Crippen molar-refractivity contribution in [1.82, 2.24) is 4.90 Å². The largest absolute Gasteiger partial charge is 0.378 e. The van der Waals surface area contributed by atoms with Gasteiger partial charge in [-0.1, -0.05) is 0 Å². The molecule has 3 fully saturated rings. The van der Waals surface area contributed by atoms with Gasteiger partial charge in [-0.2, -0.15) is 0 Å². The zero-order valence-electron chi connectivity index (χ0n) is 16.3. The lowest BCUT2D eigenvalue weighted by Gasteiger charge is -2.34. The van der Waals surface area contributed by atoms with Gasteiger partial charge in [0, 0.05) is 45.0 Å². The molecule has 6 heteroatoms. The average Bonchev–Trinajstić information content (AvgIpc) is 2.75. The Bertz CT molecular complexity index is 633. The van der Waals surface area contributed by atoms with Crippen molar-refractivity contribution in [1.29, 1.82) is 0 Å². The second-order valence-corrected chi connectivity index (χ2v) is 7.83. The van der Waals surface area contributed by atoms with Crippen LogP contribution >= 0.6 is 0 Å². The van der Waals surface area contributed by atoms with E-state index in [9.17, 15) is 4.79 Å². The summed E-state index contributed by atoms with van der Waals surface area (Å²) >= 11 is 0. The Morgan fingerprint density at radius 3 is 2.11 bits per heavy atom. The molecule has 2 amide bonds. The van der Waals surface area contributed by atoms with Crippen LogP contribution in [0.4, 0.5) is 21.9 Å². The van der Waals surface area contributed by atoms with Crippen LogP contribution in [-0.4, -0.2) is 63.4 Å². The summed E-state index contributed by atoms with van der Waals surface area (Å²) in [6.07, 6.45) is 7.59. The lowest BCUT2D eigenvalue weighted by atomic mass is 10.1. The fraction of sp³-hybridized carbons (Fsp3) is 0.667. The van der Waals surface area contributed by atoms with Crippen molar-refractivity contribution in [3.05, 3.63) is 18.2 Å². The number of piperidine rings is 2. The molecule has 1 aromatic rings. The van der Waals surface area contributed by atoms with Gasteiger partial charge in [-0.05, 0) is 56.7 Å². The van der Waals surface area contributed by atoms with Gasteiger partial charge in [0.15, 0.2) is 0 Å². The van der Waals surface area contributed by atoms with E-state index in [1.54, 1.807) is 0 Å². The molecule has 3 saturated heterocycles. The lowest BCUT2D eigenvalue weighted by molar-refractivity contribution is 0.0564. The van der Waals surface area contributed by atoms with Crippen LogP contribution in [0.25, 0.3) is 0 Å². The number of morpholine rings is 1. The number of hydrogen-bond acceptors (Lipinski definition) is 4. The molecule has 148 valence electrons. The van der Waals surface area contributed by atoms with Gasteiger partial charge < -0.3 is 24.8 Å². The number of ether oxygens (including phenoxy) is 1. The first-order chi connectivity index (χ1) is 13.3. The minimum atomic E-state index is -0.00708. The fourth-order valence-corrected chi connectivity index (χ4v) is 4.34. The summed E-state index contributed by atoms with van der Waals surface area (Å²) in [4.78, 5) is 19.6. The van der Waals surface area contributed by atoms with Gasteiger partial charge >= 0.3 is 6.03 Å². The Balaban J connectivity index is 1.56. The van der Waals surface area contributed by atoms with Crippen LogP contribution in [0.1, 0.15) is 38.5 Å². The molecule has 0 spiro atoms. The van der Waals surface area contributed by atoms with Crippen molar-refractivity contribution in [2.75, 3.05) is 67.6 Å². The number of anilines is 3. The minimum absolute atomic E-state index is 0.00708. The number of rotatable bonds is 3.